The summed E-state index contributed by atoms with van der Waals surface area (Å²) in [6, 6.07) is 4.61. The van der Waals surface area contributed by atoms with Crippen molar-refractivity contribution in [3.8, 4) is 0 Å². The van der Waals surface area contributed by atoms with Crippen LogP contribution in [0.5, 0.6) is 0 Å². The molecule has 15 heavy (non-hydrogen) atoms. The van der Waals surface area contributed by atoms with Gasteiger partial charge in [-0.2, -0.15) is 0 Å². The van der Waals surface area contributed by atoms with Crippen molar-refractivity contribution in [2.24, 2.45) is 5.92 Å². The number of halogens is 2. The second kappa shape index (κ2) is 4.65. The SMILES string of the molecule is O=C(c1cc(I)ccc1F)C1C=CSC1. The number of carbonyl (C=O) groups is 1. The molecule has 78 valence electrons. The van der Waals surface area contributed by atoms with Crippen molar-refractivity contribution >= 4 is 40.1 Å². The molecule has 1 nitrogen and oxygen atoms in total. The van der Waals surface area contributed by atoms with E-state index in [1.807, 2.05) is 11.5 Å². The molecular weight excluding hydrogens is 326 g/mol. The van der Waals surface area contributed by atoms with E-state index in [-0.39, 0.29) is 17.3 Å². The van der Waals surface area contributed by atoms with E-state index in [4.69, 9.17) is 0 Å². The molecule has 1 heterocycles. The van der Waals surface area contributed by atoms with Crippen LogP contribution in [0.15, 0.2) is 29.7 Å². The predicted octanol–water partition coefficient (Wildman–Crippen LogP) is 3.49. The fourth-order valence-corrected chi connectivity index (χ4v) is 2.79. The van der Waals surface area contributed by atoms with E-state index in [1.54, 1.807) is 23.9 Å². The van der Waals surface area contributed by atoms with E-state index in [2.05, 4.69) is 22.6 Å². The molecule has 0 N–H and O–H groups in total. The van der Waals surface area contributed by atoms with Gasteiger partial charge < -0.3 is 0 Å². The normalized spacial score (nSPS) is 19.5. The number of allylic oxidation sites excluding steroid dienone is 1. The molecule has 0 radical (unpaired) electrons. The molecule has 0 fully saturated rings. The maximum Gasteiger partial charge on any atom is 0.173 e. The Morgan fingerprint density at radius 2 is 2.33 bits per heavy atom. The fraction of sp³-hybridized carbons (Fsp3) is 0.182. The van der Waals surface area contributed by atoms with E-state index in [1.165, 1.54) is 6.07 Å². The molecule has 2 rings (SSSR count). The van der Waals surface area contributed by atoms with Gasteiger partial charge in [-0.05, 0) is 46.2 Å². The van der Waals surface area contributed by atoms with Gasteiger partial charge in [0.15, 0.2) is 5.78 Å². The maximum atomic E-state index is 13.4. The third kappa shape index (κ3) is 2.42. The second-order valence-electron chi connectivity index (χ2n) is 3.26. The summed E-state index contributed by atoms with van der Waals surface area (Å²) >= 11 is 3.67. The molecule has 1 aliphatic rings. The zero-order valence-electron chi connectivity index (χ0n) is 7.74. The Labute approximate surface area is 105 Å². The smallest absolute Gasteiger partial charge is 0.173 e. The van der Waals surface area contributed by atoms with Crippen molar-refractivity contribution < 1.29 is 9.18 Å². The van der Waals surface area contributed by atoms with E-state index in [0.29, 0.717) is 0 Å². The van der Waals surface area contributed by atoms with Crippen molar-refractivity contribution in [3.63, 3.8) is 0 Å². The predicted molar refractivity (Wildman–Crippen MR) is 68.5 cm³/mol. The van der Waals surface area contributed by atoms with Crippen molar-refractivity contribution in [3.05, 3.63) is 44.6 Å². The van der Waals surface area contributed by atoms with Gasteiger partial charge in [0.1, 0.15) is 5.82 Å². The first-order valence-corrected chi connectivity index (χ1v) is 6.59. The summed E-state index contributed by atoms with van der Waals surface area (Å²) in [6.45, 7) is 0. The van der Waals surface area contributed by atoms with Crippen LogP contribution in [0.3, 0.4) is 0 Å². The van der Waals surface area contributed by atoms with Gasteiger partial charge in [0.25, 0.3) is 0 Å². The minimum absolute atomic E-state index is 0.118. The van der Waals surface area contributed by atoms with E-state index >= 15 is 0 Å². The molecule has 0 amide bonds. The summed E-state index contributed by atoms with van der Waals surface area (Å²) in [7, 11) is 0. The number of hydrogen-bond acceptors (Lipinski definition) is 2. The van der Waals surface area contributed by atoms with E-state index in [9.17, 15) is 9.18 Å². The number of thioether (sulfide) groups is 1. The van der Waals surface area contributed by atoms with Gasteiger partial charge in [-0.3, -0.25) is 4.79 Å². The maximum absolute atomic E-state index is 13.4. The van der Waals surface area contributed by atoms with Crippen LogP contribution < -0.4 is 0 Å². The summed E-state index contributed by atoms with van der Waals surface area (Å²) in [5, 5.41) is 1.90. The zero-order valence-corrected chi connectivity index (χ0v) is 10.7. The minimum atomic E-state index is -0.425. The molecular formula is C11H8FIOS. The molecule has 0 spiro atoms. The first-order valence-electron chi connectivity index (χ1n) is 4.46. The molecule has 1 atom stereocenters. The summed E-state index contributed by atoms with van der Waals surface area (Å²) in [5.41, 5.74) is 0.207. The Hall–Kier alpha value is -0.360. The topological polar surface area (TPSA) is 17.1 Å². The monoisotopic (exact) mass is 334 g/mol. The highest BCUT2D eigenvalue weighted by molar-refractivity contribution is 14.1. The van der Waals surface area contributed by atoms with Crippen LogP contribution in [-0.4, -0.2) is 11.5 Å². The van der Waals surface area contributed by atoms with Gasteiger partial charge in [-0.1, -0.05) is 6.08 Å². The first-order chi connectivity index (χ1) is 7.18. The van der Waals surface area contributed by atoms with Gasteiger partial charge in [0.2, 0.25) is 0 Å². The van der Waals surface area contributed by atoms with Crippen molar-refractivity contribution in [2.75, 3.05) is 5.75 Å². The molecule has 1 unspecified atom stereocenters. The van der Waals surface area contributed by atoms with Crippen molar-refractivity contribution in [2.45, 2.75) is 0 Å². The van der Waals surface area contributed by atoms with Crippen LogP contribution in [0.4, 0.5) is 4.39 Å². The molecule has 1 aromatic rings. The molecule has 0 saturated carbocycles. The molecule has 0 bridgehead atoms. The lowest BCUT2D eigenvalue weighted by Crippen LogP contribution is -2.14. The zero-order chi connectivity index (χ0) is 10.8. The molecule has 1 aliphatic heterocycles. The molecule has 0 saturated heterocycles. The summed E-state index contributed by atoms with van der Waals surface area (Å²) in [4.78, 5) is 11.9. The number of carbonyl (C=O) groups excluding carboxylic acids is 1. The Bertz CT molecular complexity index is 431. The number of hydrogen-bond donors (Lipinski definition) is 0. The summed E-state index contributed by atoms with van der Waals surface area (Å²) < 4.78 is 14.3. The Balaban J connectivity index is 2.32. The average molecular weight is 334 g/mol. The fourth-order valence-electron chi connectivity index (χ4n) is 1.41. The molecule has 0 aromatic heterocycles. The largest absolute Gasteiger partial charge is 0.293 e. The lowest BCUT2D eigenvalue weighted by Gasteiger charge is -2.07. The number of Topliss-reactive ketones (excluding diaryl/α,β-unsaturated/α-hetero) is 1. The quantitative estimate of drug-likeness (QED) is 0.608. The first kappa shape index (κ1) is 11.1. The van der Waals surface area contributed by atoms with Crippen LogP contribution in [0, 0.1) is 15.3 Å². The summed E-state index contributed by atoms with van der Waals surface area (Å²) in [6.07, 6.45) is 1.84. The standard InChI is InChI=1S/C11H8FIOS/c12-10-2-1-8(13)5-9(10)11(14)7-3-4-15-6-7/h1-5,7H,6H2. The van der Waals surface area contributed by atoms with Gasteiger partial charge >= 0.3 is 0 Å². The molecule has 1 aromatic carbocycles. The number of benzene rings is 1. The Kier molecular flexibility index (Phi) is 3.45. The van der Waals surface area contributed by atoms with Gasteiger partial charge in [0, 0.05) is 9.32 Å². The molecule has 4 heteroatoms. The van der Waals surface area contributed by atoms with Crippen molar-refractivity contribution in [1.29, 1.82) is 0 Å². The van der Waals surface area contributed by atoms with Crippen molar-refractivity contribution in [1.82, 2.24) is 0 Å². The third-order valence-corrected chi connectivity index (χ3v) is 3.79. The lowest BCUT2D eigenvalue weighted by atomic mass is 9.99. The van der Waals surface area contributed by atoms with Crippen LogP contribution >= 0.6 is 34.4 Å². The highest BCUT2D eigenvalue weighted by Crippen LogP contribution is 2.25. The van der Waals surface area contributed by atoms with Crippen LogP contribution in [0.25, 0.3) is 0 Å². The van der Waals surface area contributed by atoms with Gasteiger partial charge in [-0.25, -0.2) is 4.39 Å². The Morgan fingerprint density at radius 3 is 3.00 bits per heavy atom. The van der Waals surface area contributed by atoms with Crippen LogP contribution in [-0.2, 0) is 0 Å². The number of rotatable bonds is 2. The van der Waals surface area contributed by atoms with Crippen LogP contribution in [0.1, 0.15) is 10.4 Å². The van der Waals surface area contributed by atoms with E-state index in [0.717, 1.165) is 9.32 Å². The highest BCUT2D eigenvalue weighted by atomic mass is 127. The second-order valence-corrected chi connectivity index (χ2v) is 5.44. The number of ketones is 1. The van der Waals surface area contributed by atoms with Gasteiger partial charge in [-0.15, -0.1) is 11.8 Å². The average Bonchev–Trinajstić information content (AvgIpc) is 2.74. The lowest BCUT2D eigenvalue weighted by molar-refractivity contribution is 0.0952. The van der Waals surface area contributed by atoms with E-state index < -0.39 is 5.82 Å². The highest BCUT2D eigenvalue weighted by Gasteiger charge is 2.22. The minimum Gasteiger partial charge on any atom is -0.293 e. The third-order valence-electron chi connectivity index (χ3n) is 2.21. The molecule has 0 aliphatic carbocycles. The van der Waals surface area contributed by atoms with Gasteiger partial charge in [0.05, 0.1) is 11.5 Å². The summed E-state index contributed by atoms with van der Waals surface area (Å²) in [5.74, 6) is 0.0182. The Morgan fingerprint density at radius 1 is 1.53 bits per heavy atom. The van der Waals surface area contributed by atoms with Crippen LogP contribution in [0.2, 0.25) is 0 Å².